The fourth-order valence-electron chi connectivity index (χ4n) is 2.74. The average Bonchev–Trinajstić information content (AvgIpc) is 2.83. The third kappa shape index (κ3) is 2.19. The van der Waals surface area contributed by atoms with Gasteiger partial charge in [0.1, 0.15) is 0 Å². The average molecular weight is 291 g/mol. The van der Waals surface area contributed by atoms with E-state index in [1.165, 1.54) is 11.1 Å². The first-order chi connectivity index (χ1) is 9.09. The van der Waals surface area contributed by atoms with Gasteiger partial charge in [0.25, 0.3) is 0 Å². The predicted octanol–water partition coefficient (Wildman–Crippen LogP) is 4.10. The lowest BCUT2D eigenvalue weighted by atomic mass is 10.1. The second-order valence-electron chi connectivity index (χ2n) is 4.91. The summed E-state index contributed by atoms with van der Waals surface area (Å²) in [5.74, 6) is 4.04. The van der Waals surface area contributed by atoms with Crippen LogP contribution in [-0.2, 0) is 15.9 Å². The summed E-state index contributed by atoms with van der Waals surface area (Å²) in [6.45, 7) is 0. The van der Waals surface area contributed by atoms with Crippen molar-refractivity contribution in [1.29, 1.82) is 0 Å². The van der Waals surface area contributed by atoms with Crippen molar-refractivity contribution in [2.24, 2.45) is 0 Å². The molecule has 0 bridgehead atoms. The molecule has 0 saturated carbocycles. The summed E-state index contributed by atoms with van der Waals surface area (Å²) in [5.41, 5.74) is 2.50. The molecule has 0 aliphatic heterocycles. The van der Waals surface area contributed by atoms with Gasteiger partial charge in [-0.3, -0.25) is 4.21 Å². The molecule has 3 rings (SSSR count). The van der Waals surface area contributed by atoms with Gasteiger partial charge >= 0.3 is 0 Å². The Hall–Kier alpha value is -1.25. The standard InChI is InChI=1S/C16H15ClOS/c1-19(18,14-9-7-13(17)8-10-14)16-11-6-12-4-2-3-5-15(12)16/h2-5,7-10,16H,1,6,11H2. The van der Waals surface area contributed by atoms with E-state index in [2.05, 4.69) is 18.0 Å². The normalized spacial score (nSPS) is 20.8. The van der Waals surface area contributed by atoms with Crippen LogP contribution in [0.2, 0.25) is 5.02 Å². The van der Waals surface area contributed by atoms with Crippen molar-refractivity contribution in [1.82, 2.24) is 0 Å². The van der Waals surface area contributed by atoms with E-state index in [-0.39, 0.29) is 5.25 Å². The first-order valence-electron chi connectivity index (χ1n) is 6.28. The van der Waals surface area contributed by atoms with Crippen molar-refractivity contribution in [3.8, 4) is 0 Å². The molecule has 98 valence electrons. The van der Waals surface area contributed by atoms with E-state index in [0.717, 1.165) is 17.7 Å². The lowest BCUT2D eigenvalue weighted by Gasteiger charge is -2.18. The van der Waals surface area contributed by atoms with E-state index in [0.29, 0.717) is 5.02 Å². The van der Waals surface area contributed by atoms with Gasteiger partial charge in [-0.25, -0.2) is 0 Å². The third-order valence-electron chi connectivity index (χ3n) is 3.75. The lowest BCUT2D eigenvalue weighted by Crippen LogP contribution is -2.10. The Bertz CT molecular complexity index is 702. The zero-order valence-electron chi connectivity index (χ0n) is 10.5. The van der Waals surface area contributed by atoms with Crippen LogP contribution in [0, 0.1) is 0 Å². The Kier molecular flexibility index (Phi) is 3.15. The van der Waals surface area contributed by atoms with Crippen LogP contribution in [0.5, 0.6) is 0 Å². The van der Waals surface area contributed by atoms with Crippen LogP contribution in [0.1, 0.15) is 22.8 Å². The maximum Gasteiger partial charge on any atom is 0.0570 e. The summed E-state index contributed by atoms with van der Waals surface area (Å²) < 4.78 is 13.1. The summed E-state index contributed by atoms with van der Waals surface area (Å²) in [6.07, 6.45) is 1.89. The van der Waals surface area contributed by atoms with E-state index >= 15 is 0 Å². The van der Waals surface area contributed by atoms with Gasteiger partial charge in [-0.2, -0.15) is 0 Å². The largest absolute Gasteiger partial charge is 0.263 e. The summed E-state index contributed by atoms with van der Waals surface area (Å²) in [6, 6.07) is 15.5. The van der Waals surface area contributed by atoms with E-state index in [9.17, 15) is 4.21 Å². The fourth-order valence-corrected chi connectivity index (χ4v) is 4.93. The van der Waals surface area contributed by atoms with Crippen molar-refractivity contribution in [2.75, 3.05) is 0 Å². The molecule has 1 aliphatic rings. The minimum Gasteiger partial charge on any atom is -0.263 e. The number of fused-ring (bicyclic) bond motifs is 1. The highest BCUT2D eigenvalue weighted by atomic mass is 35.5. The maximum absolute atomic E-state index is 13.1. The van der Waals surface area contributed by atoms with E-state index in [1.807, 2.05) is 24.3 Å². The quantitative estimate of drug-likeness (QED) is 0.761. The molecule has 3 heteroatoms. The van der Waals surface area contributed by atoms with Gasteiger partial charge in [0.05, 0.1) is 5.25 Å². The number of hydrogen-bond donors (Lipinski definition) is 0. The second kappa shape index (κ2) is 4.69. The number of aryl methyl sites for hydroxylation is 1. The van der Waals surface area contributed by atoms with Gasteiger partial charge in [0.15, 0.2) is 0 Å². The Morgan fingerprint density at radius 1 is 1.11 bits per heavy atom. The smallest absolute Gasteiger partial charge is 0.0570 e. The third-order valence-corrected chi connectivity index (χ3v) is 6.48. The SMILES string of the molecule is C=S(=O)(c1ccc(Cl)cc1)C1CCc2ccccc21. The Morgan fingerprint density at radius 2 is 1.79 bits per heavy atom. The van der Waals surface area contributed by atoms with E-state index in [1.54, 1.807) is 12.1 Å². The van der Waals surface area contributed by atoms with Gasteiger partial charge in [0, 0.05) is 19.4 Å². The van der Waals surface area contributed by atoms with Crippen LogP contribution >= 0.6 is 11.6 Å². The Labute approximate surface area is 119 Å². The molecule has 0 spiro atoms. The number of hydrogen-bond acceptors (Lipinski definition) is 1. The van der Waals surface area contributed by atoms with Gasteiger partial charge in [0.2, 0.25) is 0 Å². The maximum atomic E-state index is 13.1. The molecule has 0 N–H and O–H groups in total. The van der Waals surface area contributed by atoms with Gasteiger partial charge in [-0.1, -0.05) is 35.9 Å². The molecular formula is C16H15ClOS. The van der Waals surface area contributed by atoms with E-state index in [4.69, 9.17) is 11.6 Å². The van der Waals surface area contributed by atoms with Crippen molar-refractivity contribution in [3.63, 3.8) is 0 Å². The molecule has 0 heterocycles. The van der Waals surface area contributed by atoms with Crippen molar-refractivity contribution in [3.05, 3.63) is 64.7 Å². The topological polar surface area (TPSA) is 17.1 Å². The lowest BCUT2D eigenvalue weighted by molar-refractivity contribution is 0.668. The minimum atomic E-state index is -2.33. The molecule has 2 aromatic carbocycles. The van der Waals surface area contributed by atoms with Crippen molar-refractivity contribution in [2.45, 2.75) is 23.0 Å². The van der Waals surface area contributed by atoms with Gasteiger partial charge in [-0.15, -0.1) is 0 Å². The molecule has 0 fully saturated rings. The molecule has 2 unspecified atom stereocenters. The Balaban J connectivity index is 2.05. The zero-order valence-corrected chi connectivity index (χ0v) is 12.1. The molecule has 0 aromatic heterocycles. The summed E-state index contributed by atoms with van der Waals surface area (Å²) in [4.78, 5) is 0.790. The predicted molar refractivity (Wildman–Crippen MR) is 82.5 cm³/mol. The number of rotatable bonds is 2. The molecule has 1 nitrogen and oxygen atoms in total. The van der Waals surface area contributed by atoms with Gasteiger partial charge < -0.3 is 0 Å². The molecule has 0 radical (unpaired) electrons. The van der Waals surface area contributed by atoms with Gasteiger partial charge in [-0.05, 0) is 54.1 Å². The van der Waals surface area contributed by atoms with Crippen LogP contribution in [0.3, 0.4) is 0 Å². The second-order valence-corrected chi connectivity index (χ2v) is 7.84. The summed E-state index contributed by atoms with van der Waals surface area (Å²) in [5, 5.41) is 0.677. The summed E-state index contributed by atoms with van der Waals surface area (Å²) in [7, 11) is -2.33. The molecular weight excluding hydrogens is 276 g/mol. The van der Waals surface area contributed by atoms with Crippen LogP contribution in [0.25, 0.3) is 0 Å². The highest BCUT2D eigenvalue weighted by Crippen LogP contribution is 2.40. The summed E-state index contributed by atoms with van der Waals surface area (Å²) >= 11 is 5.89. The van der Waals surface area contributed by atoms with Crippen LogP contribution in [-0.4, -0.2) is 10.1 Å². The van der Waals surface area contributed by atoms with Crippen LogP contribution < -0.4 is 0 Å². The van der Waals surface area contributed by atoms with Crippen molar-refractivity contribution >= 4 is 27.0 Å². The fraction of sp³-hybridized carbons (Fsp3) is 0.188. The highest BCUT2D eigenvalue weighted by Gasteiger charge is 2.29. The number of benzene rings is 2. The number of halogens is 1. The molecule has 19 heavy (non-hydrogen) atoms. The highest BCUT2D eigenvalue weighted by molar-refractivity contribution is 8.00. The zero-order chi connectivity index (χ0) is 13.5. The molecule has 1 aliphatic carbocycles. The monoisotopic (exact) mass is 290 g/mol. The van der Waals surface area contributed by atoms with Crippen LogP contribution in [0.15, 0.2) is 53.4 Å². The molecule has 0 amide bonds. The molecule has 2 atom stereocenters. The van der Waals surface area contributed by atoms with Crippen molar-refractivity contribution < 1.29 is 4.21 Å². The van der Waals surface area contributed by atoms with Crippen LogP contribution in [0.4, 0.5) is 0 Å². The Morgan fingerprint density at radius 3 is 2.53 bits per heavy atom. The first-order valence-corrected chi connectivity index (χ1v) is 8.45. The first kappa shape index (κ1) is 12.8. The molecule has 2 aromatic rings. The van der Waals surface area contributed by atoms with E-state index < -0.39 is 9.52 Å². The minimum absolute atomic E-state index is 0.0184. The molecule has 0 saturated heterocycles.